The maximum absolute atomic E-state index is 14.1. The lowest BCUT2D eigenvalue weighted by Crippen LogP contribution is -2.51. The van der Waals surface area contributed by atoms with E-state index in [4.69, 9.17) is 4.74 Å². The molecule has 1 heterocycles. The van der Waals surface area contributed by atoms with Crippen molar-refractivity contribution in [3.63, 3.8) is 0 Å². The number of nitrogens with one attached hydrogen (secondary N) is 1. The van der Waals surface area contributed by atoms with Gasteiger partial charge in [0.25, 0.3) is 0 Å². The molecule has 0 radical (unpaired) electrons. The number of alkyl halides is 6. The van der Waals surface area contributed by atoms with Crippen molar-refractivity contribution < 1.29 is 40.6 Å². The van der Waals surface area contributed by atoms with Crippen LogP contribution in [0.4, 0.5) is 30.7 Å². The number of halogens is 7. The van der Waals surface area contributed by atoms with E-state index >= 15 is 0 Å². The molecule has 3 aromatic rings. The Hall–Kier alpha value is -2.75. The van der Waals surface area contributed by atoms with Gasteiger partial charge in [0.15, 0.2) is 5.60 Å². The lowest BCUT2D eigenvalue weighted by Gasteiger charge is -2.38. The van der Waals surface area contributed by atoms with Crippen LogP contribution in [0.5, 0.6) is 5.75 Å². The number of methoxy groups -OCH3 is 1. The molecule has 0 spiro atoms. The van der Waals surface area contributed by atoms with Gasteiger partial charge in [-0.25, -0.2) is 4.39 Å². The quantitative estimate of drug-likeness (QED) is 0.396. The van der Waals surface area contributed by atoms with Gasteiger partial charge < -0.3 is 14.8 Å². The molecular formula is C23H22F7NO2. The fourth-order valence-electron chi connectivity index (χ4n) is 4.09. The Kier molecular flexibility index (Phi) is 6.21. The normalized spacial score (nSPS) is 15.0. The Bertz CT molecular complexity index is 1150. The zero-order valence-electron chi connectivity index (χ0n) is 18.0. The highest BCUT2D eigenvalue weighted by Crippen LogP contribution is 2.45. The van der Waals surface area contributed by atoms with Crippen LogP contribution in [0.1, 0.15) is 37.1 Å². The van der Waals surface area contributed by atoms with Gasteiger partial charge in [-0.3, -0.25) is 0 Å². The number of aromatic nitrogens is 1. The van der Waals surface area contributed by atoms with Gasteiger partial charge in [0.2, 0.25) is 0 Å². The number of aromatic amines is 1. The van der Waals surface area contributed by atoms with Crippen molar-refractivity contribution in [2.24, 2.45) is 0 Å². The van der Waals surface area contributed by atoms with Crippen molar-refractivity contribution in [1.82, 2.24) is 4.98 Å². The zero-order chi connectivity index (χ0) is 24.8. The third-order valence-electron chi connectivity index (χ3n) is 5.64. The first kappa shape index (κ1) is 24.9. The minimum atomic E-state index is -5.06. The molecule has 0 bridgehead atoms. The van der Waals surface area contributed by atoms with Crippen molar-refractivity contribution >= 4 is 10.9 Å². The summed E-state index contributed by atoms with van der Waals surface area (Å²) >= 11 is 0. The van der Waals surface area contributed by atoms with Crippen molar-refractivity contribution in [3.05, 3.63) is 65.1 Å². The molecule has 0 aliphatic rings. The van der Waals surface area contributed by atoms with Crippen molar-refractivity contribution in [1.29, 1.82) is 0 Å². The number of aliphatic hydroxyl groups is 1. The van der Waals surface area contributed by atoms with Crippen molar-refractivity contribution in [2.75, 3.05) is 7.11 Å². The molecule has 1 aromatic heterocycles. The van der Waals surface area contributed by atoms with Gasteiger partial charge in [0.1, 0.15) is 11.6 Å². The predicted molar refractivity (Wildman–Crippen MR) is 109 cm³/mol. The molecular weight excluding hydrogens is 455 g/mol. The fraction of sp³-hybridized carbons (Fsp3) is 0.391. The van der Waals surface area contributed by atoms with Gasteiger partial charge in [0, 0.05) is 34.6 Å². The molecule has 0 aliphatic heterocycles. The first-order chi connectivity index (χ1) is 15.1. The first-order valence-electron chi connectivity index (χ1n) is 9.88. The summed E-state index contributed by atoms with van der Waals surface area (Å²) in [5.41, 5.74) is -5.08. The lowest BCUT2D eigenvalue weighted by molar-refractivity contribution is -0.266. The Morgan fingerprint density at radius 1 is 0.939 bits per heavy atom. The largest absolute Gasteiger partial charge is 0.496 e. The lowest BCUT2D eigenvalue weighted by atomic mass is 9.73. The van der Waals surface area contributed by atoms with Crippen LogP contribution in [0.2, 0.25) is 0 Å². The molecule has 0 saturated carbocycles. The highest BCUT2D eigenvalue weighted by atomic mass is 19.4. The molecule has 0 aliphatic carbocycles. The Labute approximate surface area is 185 Å². The number of hydrogen-bond acceptors (Lipinski definition) is 2. The molecule has 3 rings (SSSR count). The van der Waals surface area contributed by atoms with Crippen molar-refractivity contribution in [3.8, 4) is 5.75 Å². The second kappa shape index (κ2) is 8.23. The standard InChI is InChI=1S/C23H22F7NO2/c1-20(2,17-6-5-15(24)10-19(17)33-3)12-21(32,23(28,29)30)11-16-9-13-8-14(22(25,26)27)4-7-18(13)31-16/h4-10,31-32H,11-12H2,1-3H3. The van der Waals surface area contributed by atoms with E-state index in [9.17, 15) is 35.8 Å². The van der Waals surface area contributed by atoms with E-state index in [0.29, 0.717) is 0 Å². The third-order valence-corrected chi connectivity index (χ3v) is 5.64. The van der Waals surface area contributed by atoms with E-state index in [1.807, 2.05) is 0 Å². The molecule has 0 amide bonds. The number of rotatable bonds is 6. The zero-order valence-corrected chi connectivity index (χ0v) is 18.0. The molecule has 0 saturated heterocycles. The topological polar surface area (TPSA) is 45.2 Å². The van der Waals surface area contributed by atoms with Crippen LogP contribution >= 0.6 is 0 Å². The third kappa shape index (κ3) is 5.10. The number of hydrogen-bond donors (Lipinski definition) is 2. The molecule has 0 fully saturated rings. The molecule has 1 unspecified atom stereocenters. The summed E-state index contributed by atoms with van der Waals surface area (Å²) in [7, 11) is 1.25. The van der Waals surface area contributed by atoms with Crippen LogP contribution in [-0.2, 0) is 18.0 Å². The van der Waals surface area contributed by atoms with Crippen LogP contribution in [0.25, 0.3) is 10.9 Å². The van der Waals surface area contributed by atoms with Gasteiger partial charge >= 0.3 is 12.4 Å². The molecule has 2 aromatic carbocycles. The monoisotopic (exact) mass is 477 g/mol. The number of H-pyrrole nitrogens is 1. The van der Waals surface area contributed by atoms with E-state index in [0.717, 1.165) is 36.4 Å². The van der Waals surface area contributed by atoms with Gasteiger partial charge in [-0.15, -0.1) is 0 Å². The minimum absolute atomic E-state index is 0.0369. The minimum Gasteiger partial charge on any atom is -0.496 e. The van der Waals surface area contributed by atoms with Gasteiger partial charge in [-0.1, -0.05) is 19.9 Å². The molecule has 1 atom stereocenters. The van der Waals surface area contributed by atoms with Crippen LogP contribution in [-0.4, -0.2) is 29.0 Å². The molecule has 2 N–H and O–H groups in total. The Morgan fingerprint density at radius 3 is 2.18 bits per heavy atom. The summed E-state index contributed by atoms with van der Waals surface area (Å²) in [4.78, 5) is 2.66. The van der Waals surface area contributed by atoms with Crippen LogP contribution < -0.4 is 4.74 Å². The van der Waals surface area contributed by atoms with E-state index < -0.39 is 47.6 Å². The smallest absolute Gasteiger partial charge is 0.417 e. The SMILES string of the molecule is COc1cc(F)ccc1C(C)(C)CC(O)(Cc1cc2cc(C(F)(F)F)ccc2[nH]1)C(F)(F)F. The summed E-state index contributed by atoms with van der Waals surface area (Å²) in [5.74, 6) is -0.594. The van der Waals surface area contributed by atoms with Crippen molar-refractivity contribution in [2.45, 2.75) is 50.1 Å². The second-order valence-electron chi connectivity index (χ2n) is 8.71. The first-order valence-corrected chi connectivity index (χ1v) is 9.88. The maximum atomic E-state index is 14.1. The summed E-state index contributed by atoms with van der Waals surface area (Å²) < 4.78 is 99.7. The Balaban J connectivity index is 1.98. The summed E-state index contributed by atoms with van der Waals surface area (Å²) in [6.07, 6.45) is -11.4. The number of fused-ring (bicyclic) bond motifs is 1. The molecule has 33 heavy (non-hydrogen) atoms. The maximum Gasteiger partial charge on any atom is 0.417 e. The predicted octanol–water partition coefficient (Wildman–Crippen LogP) is 6.54. The van der Waals surface area contributed by atoms with E-state index in [1.165, 1.54) is 27.0 Å². The number of benzene rings is 2. The molecule has 3 nitrogen and oxygen atoms in total. The Morgan fingerprint density at radius 2 is 1.61 bits per heavy atom. The van der Waals surface area contributed by atoms with Gasteiger partial charge in [-0.05, 0) is 42.2 Å². The molecule has 10 heteroatoms. The van der Waals surface area contributed by atoms with Crippen LogP contribution in [0, 0.1) is 5.82 Å². The van der Waals surface area contributed by atoms with Gasteiger partial charge in [-0.2, -0.15) is 26.3 Å². The summed E-state index contributed by atoms with van der Waals surface area (Å²) in [6, 6.07) is 7.36. The second-order valence-corrected chi connectivity index (χ2v) is 8.71. The number of ether oxygens (including phenoxy) is 1. The summed E-state index contributed by atoms with van der Waals surface area (Å²) in [6.45, 7) is 2.92. The van der Waals surface area contributed by atoms with Crippen LogP contribution in [0.15, 0.2) is 42.5 Å². The summed E-state index contributed by atoms with van der Waals surface area (Å²) in [5, 5.41) is 10.9. The average Bonchev–Trinajstić information content (AvgIpc) is 3.06. The van der Waals surface area contributed by atoms with E-state index in [-0.39, 0.29) is 27.9 Å². The fourth-order valence-corrected chi connectivity index (χ4v) is 4.09. The highest BCUT2D eigenvalue weighted by molar-refractivity contribution is 5.81. The average molecular weight is 477 g/mol. The van der Waals surface area contributed by atoms with E-state index in [1.54, 1.807) is 0 Å². The van der Waals surface area contributed by atoms with E-state index in [2.05, 4.69) is 4.98 Å². The highest BCUT2D eigenvalue weighted by Gasteiger charge is 2.56. The molecule has 180 valence electrons. The van der Waals surface area contributed by atoms with Crippen LogP contribution in [0.3, 0.4) is 0 Å². The van der Waals surface area contributed by atoms with Gasteiger partial charge in [0.05, 0.1) is 12.7 Å².